The highest BCUT2D eigenvalue weighted by Crippen LogP contribution is 2.21. The van der Waals surface area contributed by atoms with Crippen LogP contribution in [0.1, 0.15) is 6.42 Å². The van der Waals surface area contributed by atoms with E-state index < -0.39 is 12.0 Å². The first-order valence-electron chi connectivity index (χ1n) is 3.70. The van der Waals surface area contributed by atoms with E-state index >= 15 is 0 Å². The molecule has 0 aromatic carbocycles. The molecule has 12 heavy (non-hydrogen) atoms. The Morgan fingerprint density at radius 1 is 1.92 bits per heavy atom. The molecule has 0 radical (unpaired) electrons. The summed E-state index contributed by atoms with van der Waals surface area (Å²) in [4.78, 5) is 10.5. The average molecular weight is 191 g/mol. The van der Waals surface area contributed by atoms with Crippen LogP contribution in [0.5, 0.6) is 0 Å². The first kappa shape index (κ1) is 9.51. The van der Waals surface area contributed by atoms with Crippen LogP contribution < -0.4 is 0 Å². The van der Waals surface area contributed by atoms with E-state index in [1.165, 1.54) is 4.53 Å². The molecule has 5 heteroatoms. The topological polar surface area (TPSA) is 43.8 Å². The van der Waals surface area contributed by atoms with Crippen LogP contribution in [-0.4, -0.2) is 39.7 Å². The zero-order chi connectivity index (χ0) is 9.14. The Balaban J connectivity index is 2.42. The van der Waals surface area contributed by atoms with E-state index in [0.29, 0.717) is 19.5 Å². The van der Waals surface area contributed by atoms with Gasteiger partial charge in [-0.15, -0.1) is 11.1 Å². The van der Waals surface area contributed by atoms with Gasteiger partial charge in [0.1, 0.15) is 6.04 Å². The van der Waals surface area contributed by atoms with Crippen LogP contribution in [0.2, 0.25) is 0 Å². The van der Waals surface area contributed by atoms with Gasteiger partial charge < -0.3 is 5.11 Å². The van der Waals surface area contributed by atoms with Crippen molar-refractivity contribution in [2.24, 2.45) is 0 Å². The summed E-state index contributed by atoms with van der Waals surface area (Å²) in [5, 5.41) is 10.3. The Morgan fingerprint density at radius 2 is 2.58 bits per heavy atom. The molecule has 4 nitrogen and oxygen atoms in total. The Bertz CT molecular complexity index is 198. The quantitative estimate of drug-likeness (QED) is 0.524. The maximum Gasteiger partial charge on any atom is 0.322 e. The van der Waals surface area contributed by atoms with E-state index in [1.54, 1.807) is 11.1 Å². The number of halogens is 1. The number of rotatable bonds is 4. The fourth-order valence-electron chi connectivity index (χ4n) is 1.10. The number of carboxylic acid groups (broad SMARTS) is 1. The van der Waals surface area contributed by atoms with Crippen LogP contribution in [0.4, 0.5) is 0 Å². The first-order chi connectivity index (χ1) is 5.66. The summed E-state index contributed by atoms with van der Waals surface area (Å²) in [6.07, 6.45) is 2.29. The fourth-order valence-corrected chi connectivity index (χ4v) is 1.37. The molecule has 1 saturated heterocycles. The Hall–Kier alpha value is -0.580. The van der Waals surface area contributed by atoms with Gasteiger partial charge in [-0.05, 0) is 18.2 Å². The lowest BCUT2D eigenvalue weighted by atomic mass is 10.1. The molecule has 0 spiro atoms. The highest BCUT2D eigenvalue weighted by Gasteiger charge is 2.37. The highest BCUT2D eigenvalue weighted by atomic mass is 35.5. The average Bonchev–Trinajstić information content (AvgIpc) is 1.82. The van der Waals surface area contributed by atoms with E-state index in [9.17, 15) is 4.79 Å². The highest BCUT2D eigenvalue weighted by molar-refractivity contribution is 6.13. The summed E-state index contributed by atoms with van der Waals surface area (Å²) in [5.74, 6) is -0.823. The third-order valence-electron chi connectivity index (χ3n) is 1.83. The van der Waals surface area contributed by atoms with Gasteiger partial charge in [0, 0.05) is 13.1 Å². The Labute approximate surface area is 76.1 Å². The maximum absolute atomic E-state index is 10.5. The van der Waals surface area contributed by atoms with Crippen LogP contribution in [-0.2, 0) is 4.79 Å². The van der Waals surface area contributed by atoms with E-state index in [0.717, 1.165) is 0 Å². The summed E-state index contributed by atoms with van der Waals surface area (Å²) < 4.78 is 1.36. The van der Waals surface area contributed by atoms with Crippen molar-refractivity contribution in [3.63, 3.8) is 0 Å². The van der Waals surface area contributed by atoms with E-state index in [-0.39, 0.29) is 0 Å². The maximum atomic E-state index is 10.5. The lowest BCUT2D eigenvalue weighted by Crippen LogP contribution is -2.57. The van der Waals surface area contributed by atoms with Crippen LogP contribution >= 0.6 is 11.8 Å². The molecule has 0 aromatic heterocycles. The van der Waals surface area contributed by atoms with Gasteiger partial charge in [-0.3, -0.25) is 4.79 Å². The van der Waals surface area contributed by atoms with Crippen molar-refractivity contribution in [1.29, 1.82) is 0 Å². The van der Waals surface area contributed by atoms with Gasteiger partial charge >= 0.3 is 5.97 Å². The minimum Gasteiger partial charge on any atom is -0.480 e. The number of hydrazine groups is 1. The van der Waals surface area contributed by atoms with E-state index in [1.807, 2.05) is 0 Å². The van der Waals surface area contributed by atoms with Crippen molar-refractivity contribution in [3.8, 4) is 0 Å². The summed E-state index contributed by atoms with van der Waals surface area (Å²) in [7, 11) is 0. The second-order valence-electron chi connectivity index (χ2n) is 2.61. The number of hydrogen-bond acceptors (Lipinski definition) is 3. The van der Waals surface area contributed by atoms with Crippen molar-refractivity contribution >= 4 is 17.7 Å². The van der Waals surface area contributed by atoms with Crippen LogP contribution in [0.25, 0.3) is 0 Å². The van der Waals surface area contributed by atoms with Crippen molar-refractivity contribution in [3.05, 3.63) is 12.7 Å². The standard InChI is InChI=1S/C7H11ClN2O2/c1-2-4-10(8)9-5-3-6(9)7(11)12/h2,6H,1,3-5H2,(H,11,12)/t6-/m0/s1. The largest absolute Gasteiger partial charge is 0.480 e. The van der Waals surface area contributed by atoms with Crippen molar-refractivity contribution < 1.29 is 9.90 Å². The third kappa shape index (κ3) is 1.77. The molecule has 1 heterocycles. The van der Waals surface area contributed by atoms with E-state index in [4.69, 9.17) is 16.9 Å². The molecular formula is C7H11ClN2O2. The number of aliphatic carboxylic acids is 1. The van der Waals surface area contributed by atoms with Crippen LogP contribution in [0.15, 0.2) is 12.7 Å². The number of carbonyl (C=O) groups is 1. The Morgan fingerprint density at radius 3 is 2.92 bits per heavy atom. The van der Waals surface area contributed by atoms with Gasteiger partial charge in [0.2, 0.25) is 0 Å². The lowest BCUT2D eigenvalue weighted by molar-refractivity contribution is -0.158. The summed E-state index contributed by atoms with van der Waals surface area (Å²) in [6.45, 7) is 4.68. The van der Waals surface area contributed by atoms with Gasteiger partial charge in [-0.25, -0.2) is 5.01 Å². The molecule has 0 amide bonds. The molecule has 1 aliphatic rings. The zero-order valence-corrected chi connectivity index (χ0v) is 7.37. The molecule has 1 fully saturated rings. The summed E-state index contributed by atoms with van der Waals surface area (Å²) >= 11 is 5.75. The van der Waals surface area contributed by atoms with Crippen LogP contribution in [0.3, 0.4) is 0 Å². The molecule has 0 bridgehead atoms. The van der Waals surface area contributed by atoms with E-state index in [2.05, 4.69) is 6.58 Å². The van der Waals surface area contributed by atoms with Crippen molar-refractivity contribution in [2.75, 3.05) is 13.1 Å². The number of carboxylic acids is 1. The van der Waals surface area contributed by atoms with Gasteiger partial charge in [0.05, 0.1) is 0 Å². The lowest BCUT2D eigenvalue weighted by Gasteiger charge is -2.41. The predicted octanol–water partition coefficient (Wildman–Crippen LogP) is 0.702. The second-order valence-corrected chi connectivity index (χ2v) is 3.00. The molecule has 0 saturated carbocycles. The van der Waals surface area contributed by atoms with Gasteiger partial charge in [-0.2, -0.15) is 0 Å². The summed E-state index contributed by atoms with van der Waals surface area (Å²) in [5.41, 5.74) is 0. The minimum atomic E-state index is -0.823. The Kier molecular flexibility index (Phi) is 3.08. The monoisotopic (exact) mass is 190 g/mol. The molecule has 1 rings (SSSR count). The molecule has 1 atom stereocenters. The van der Waals surface area contributed by atoms with Gasteiger partial charge in [0.15, 0.2) is 0 Å². The van der Waals surface area contributed by atoms with Crippen molar-refractivity contribution in [2.45, 2.75) is 12.5 Å². The first-order valence-corrected chi connectivity index (χ1v) is 4.04. The summed E-state index contributed by atoms with van der Waals surface area (Å²) in [6, 6.07) is -0.456. The molecule has 0 aromatic rings. The minimum absolute atomic E-state index is 0.456. The SMILES string of the molecule is C=CCN(Cl)N1CC[C@H]1C(=O)O. The van der Waals surface area contributed by atoms with Gasteiger partial charge in [-0.1, -0.05) is 6.08 Å². The molecule has 0 unspecified atom stereocenters. The molecular weight excluding hydrogens is 180 g/mol. The molecule has 1 aliphatic heterocycles. The normalized spacial score (nSPS) is 23.7. The molecule has 68 valence electrons. The third-order valence-corrected chi connectivity index (χ3v) is 2.17. The number of nitrogens with zero attached hydrogens (tertiary/aromatic N) is 2. The van der Waals surface area contributed by atoms with Crippen LogP contribution in [0, 0.1) is 0 Å². The second kappa shape index (κ2) is 3.89. The zero-order valence-electron chi connectivity index (χ0n) is 6.61. The number of hydrogen-bond donors (Lipinski definition) is 1. The van der Waals surface area contributed by atoms with Crippen molar-refractivity contribution in [1.82, 2.24) is 9.54 Å². The smallest absolute Gasteiger partial charge is 0.322 e. The molecule has 1 N–H and O–H groups in total. The van der Waals surface area contributed by atoms with Gasteiger partial charge in [0.25, 0.3) is 0 Å². The predicted molar refractivity (Wildman–Crippen MR) is 45.5 cm³/mol. The molecule has 0 aliphatic carbocycles. The fraction of sp³-hybridized carbons (Fsp3) is 0.571.